The lowest BCUT2D eigenvalue weighted by Crippen LogP contribution is -2.33. The molecule has 5 heteroatoms. The van der Waals surface area contributed by atoms with E-state index >= 15 is 0 Å². The quantitative estimate of drug-likeness (QED) is 0.634. The second-order valence-electron chi connectivity index (χ2n) is 4.82. The molecule has 1 unspecified atom stereocenters. The molecule has 18 heavy (non-hydrogen) atoms. The van der Waals surface area contributed by atoms with Gasteiger partial charge in [0.1, 0.15) is 5.69 Å². The van der Waals surface area contributed by atoms with Gasteiger partial charge >= 0.3 is 0 Å². The summed E-state index contributed by atoms with van der Waals surface area (Å²) < 4.78 is 0. The highest BCUT2D eigenvalue weighted by Crippen LogP contribution is 2.28. The van der Waals surface area contributed by atoms with Gasteiger partial charge in [0.25, 0.3) is 5.69 Å². The number of piperidine rings is 1. The van der Waals surface area contributed by atoms with Crippen molar-refractivity contribution in [1.29, 1.82) is 0 Å². The number of hydrogen-bond acceptors (Lipinski definition) is 4. The normalized spacial score (nSPS) is 19.5. The highest BCUT2D eigenvalue weighted by molar-refractivity contribution is 5.64. The van der Waals surface area contributed by atoms with Crippen LogP contribution in [0.3, 0.4) is 0 Å². The summed E-state index contributed by atoms with van der Waals surface area (Å²) in [5.41, 5.74) is 1.53. The van der Waals surface area contributed by atoms with Crippen molar-refractivity contribution >= 4 is 11.4 Å². The minimum Gasteiger partial charge on any atom is -0.379 e. The molecule has 0 amide bonds. The zero-order valence-electron chi connectivity index (χ0n) is 10.6. The van der Waals surface area contributed by atoms with E-state index in [0.29, 0.717) is 17.2 Å². The lowest BCUT2D eigenvalue weighted by atomic mass is 9.99. The van der Waals surface area contributed by atoms with Crippen molar-refractivity contribution < 1.29 is 4.92 Å². The first-order valence-electron chi connectivity index (χ1n) is 6.37. The molecule has 1 aromatic carbocycles. The van der Waals surface area contributed by atoms with Gasteiger partial charge in [0.2, 0.25) is 0 Å². The van der Waals surface area contributed by atoms with Gasteiger partial charge in [0.05, 0.1) is 4.92 Å². The highest BCUT2D eigenvalue weighted by atomic mass is 16.6. The average molecular weight is 249 g/mol. The summed E-state index contributed by atoms with van der Waals surface area (Å²) in [6.07, 6.45) is 2.36. The van der Waals surface area contributed by atoms with Crippen LogP contribution in [0.5, 0.6) is 0 Å². The van der Waals surface area contributed by atoms with Crippen molar-refractivity contribution in [3.63, 3.8) is 0 Å². The van der Waals surface area contributed by atoms with Crippen LogP contribution in [-0.4, -0.2) is 24.6 Å². The van der Waals surface area contributed by atoms with Crippen molar-refractivity contribution in [2.75, 3.05) is 25.0 Å². The summed E-state index contributed by atoms with van der Waals surface area (Å²) in [6.45, 7) is 4.64. The summed E-state index contributed by atoms with van der Waals surface area (Å²) in [4.78, 5) is 10.7. The molecule has 1 aliphatic heterocycles. The first-order chi connectivity index (χ1) is 8.68. The van der Waals surface area contributed by atoms with Gasteiger partial charge < -0.3 is 10.6 Å². The van der Waals surface area contributed by atoms with E-state index < -0.39 is 0 Å². The van der Waals surface area contributed by atoms with Gasteiger partial charge in [-0.2, -0.15) is 0 Å². The lowest BCUT2D eigenvalue weighted by Gasteiger charge is -2.23. The van der Waals surface area contributed by atoms with E-state index in [2.05, 4.69) is 10.6 Å². The lowest BCUT2D eigenvalue weighted by molar-refractivity contribution is -0.384. The van der Waals surface area contributed by atoms with Gasteiger partial charge in [-0.25, -0.2) is 0 Å². The molecule has 1 fully saturated rings. The second kappa shape index (κ2) is 5.82. The summed E-state index contributed by atoms with van der Waals surface area (Å²) in [7, 11) is 0. The number of nitrogens with one attached hydrogen (secondary N) is 2. The van der Waals surface area contributed by atoms with E-state index in [9.17, 15) is 10.1 Å². The molecule has 2 N–H and O–H groups in total. The molecule has 1 atom stereocenters. The maximum Gasteiger partial charge on any atom is 0.295 e. The van der Waals surface area contributed by atoms with Gasteiger partial charge in [0.15, 0.2) is 0 Å². The summed E-state index contributed by atoms with van der Waals surface area (Å²) in [5, 5.41) is 17.6. The van der Waals surface area contributed by atoms with Crippen LogP contribution in [-0.2, 0) is 0 Å². The van der Waals surface area contributed by atoms with E-state index in [1.807, 2.05) is 6.07 Å². The van der Waals surface area contributed by atoms with Gasteiger partial charge in [0, 0.05) is 12.1 Å². The van der Waals surface area contributed by atoms with Crippen LogP contribution in [0.15, 0.2) is 18.2 Å². The van der Waals surface area contributed by atoms with Crippen LogP contribution in [0.4, 0.5) is 11.4 Å². The summed E-state index contributed by atoms with van der Waals surface area (Å²) >= 11 is 0. The molecular formula is C13H19N3O2. The van der Waals surface area contributed by atoms with Gasteiger partial charge in [-0.05, 0) is 44.8 Å². The van der Waals surface area contributed by atoms with E-state index in [1.165, 1.54) is 12.8 Å². The molecule has 0 aliphatic carbocycles. The first-order valence-corrected chi connectivity index (χ1v) is 6.37. The van der Waals surface area contributed by atoms with E-state index in [1.54, 1.807) is 19.1 Å². The Hall–Kier alpha value is -1.62. The van der Waals surface area contributed by atoms with Gasteiger partial charge in [-0.1, -0.05) is 12.1 Å². The van der Waals surface area contributed by atoms with Crippen LogP contribution in [0, 0.1) is 23.0 Å². The van der Waals surface area contributed by atoms with Crippen molar-refractivity contribution in [2.24, 2.45) is 5.92 Å². The number of hydrogen-bond donors (Lipinski definition) is 2. The Labute approximate surface area is 107 Å². The molecular weight excluding hydrogens is 230 g/mol. The third kappa shape index (κ3) is 2.98. The van der Waals surface area contributed by atoms with Crippen LogP contribution in [0.1, 0.15) is 18.4 Å². The Morgan fingerprint density at radius 1 is 1.56 bits per heavy atom. The number of para-hydroxylation sites is 1. The standard InChI is InChI=1S/C13H19N3O2/c1-10-4-2-6-12(13(10)16(17)18)15-9-11-5-3-7-14-8-11/h2,4,6,11,14-15H,3,5,7-9H2,1H3. The predicted molar refractivity (Wildman–Crippen MR) is 71.9 cm³/mol. The fraction of sp³-hybridized carbons (Fsp3) is 0.538. The monoisotopic (exact) mass is 249 g/mol. The molecule has 1 aliphatic rings. The molecule has 5 nitrogen and oxygen atoms in total. The SMILES string of the molecule is Cc1cccc(NCC2CCCNC2)c1[N+](=O)[O-]. The van der Waals surface area contributed by atoms with E-state index in [0.717, 1.165) is 19.6 Å². The maximum absolute atomic E-state index is 11.0. The second-order valence-corrected chi connectivity index (χ2v) is 4.82. The topological polar surface area (TPSA) is 67.2 Å². The molecule has 1 saturated heterocycles. The molecule has 98 valence electrons. The number of aryl methyl sites for hydroxylation is 1. The number of anilines is 1. The molecule has 2 rings (SSSR count). The minimum atomic E-state index is -0.309. The van der Waals surface area contributed by atoms with Crippen LogP contribution < -0.4 is 10.6 Å². The molecule has 0 saturated carbocycles. The number of nitrogens with zero attached hydrogens (tertiary/aromatic N) is 1. The molecule has 0 bridgehead atoms. The molecule has 1 aromatic rings. The Morgan fingerprint density at radius 2 is 2.39 bits per heavy atom. The van der Waals surface area contributed by atoms with Crippen LogP contribution in [0.2, 0.25) is 0 Å². The highest BCUT2D eigenvalue weighted by Gasteiger charge is 2.18. The number of nitro groups is 1. The van der Waals surface area contributed by atoms with E-state index in [-0.39, 0.29) is 10.6 Å². The van der Waals surface area contributed by atoms with Crippen molar-refractivity contribution in [3.8, 4) is 0 Å². The Bertz CT molecular complexity index is 428. The minimum absolute atomic E-state index is 0.196. The van der Waals surface area contributed by atoms with Crippen LogP contribution >= 0.6 is 0 Å². The molecule has 0 aromatic heterocycles. The number of nitro benzene ring substituents is 1. The Kier molecular flexibility index (Phi) is 4.15. The van der Waals surface area contributed by atoms with E-state index in [4.69, 9.17) is 0 Å². The van der Waals surface area contributed by atoms with Gasteiger partial charge in [-0.15, -0.1) is 0 Å². The fourth-order valence-corrected chi connectivity index (χ4v) is 2.40. The molecule has 0 spiro atoms. The smallest absolute Gasteiger partial charge is 0.295 e. The van der Waals surface area contributed by atoms with Crippen molar-refractivity contribution in [1.82, 2.24) is 5.32 Å². The summed E-state index contributed by atoms with van der Waals surface area (Å²) in [5.74, 6) is 0.555. The van der Waals surface area contributed by atoms with Crippen LogP contribution in [0.25, 0.3) is 0 Å². The zero-order chi connectivity index (χ0) is 13.0. The first kappa shape index (κ1) is 12.8. The predicted octanol–water partition coefficient (Wildman–Crippen LogP) is 2.31. The van der Waals surface area contributed by atoms with Gasteiger partial charge in [-0.3, -0.25) is 10.1 Å². The zero-order valence-corrected chi connectivity index (χ0v) is 10.6. The third-order valence-electron chi connectivity index (χ3n) is 3.40. The number of benzene rings is 1. The van der Waals surface area contributed by atoms with Crippen molar-refractivity contribution in [2.45, 2.75) is 19.8 Å². The molecule has 0 radical (unpaired) electrons. The molecule has 1 heterocycles. The largest absolute Gasteiger partial charge is 0.379 e. The Morgan fingerprint density at radius 3 is 3.06 bits per heavy atom. The fourth-order valence-electron chi connectivity index (χ4n) is 2.40. The number of rotatable bonds is 4. The average Bonchev–Trinajstić information content (AvgIpc) is 2.37. The third-order valence-corrected chi connectivity index (χ3v) is 3.40. The summed E-state index contributed by atoms with van der Waals surface area (Å²) in [6, 6.07) is 5.40. The maximum atomic E-state index is 11.0. The Balaban J connectivity index is 2.04. The van der Waals surface area contributed by atoms with Crippen molar-refractivity contribution in [3.05, 3.63) is 33.9 Å².